The van der Waals surface area contributed by atoms with Crippen molar-refractivity contribution >= 4 is 34.8 Å². The zero-order chi connectivity index (χ0) is 19.7. The highest BCUT2D eigenvalue weighted by molar-refractivity contribution is 5.89. The van der Waals surface area contributed by atoms with Crippen LogP contribution >= 0.6 is 0 Å². The van der Waals surface area contributed by atoms with Crippen molar-refractivity contribution in [1.82, 2.24) is 19.5 Å². The Labute approximate surface area is 153 Å². The van der Waals surface area contributed by atoms with E-state index in [1.165, 1.54) is 17.8 Å². The lowest BCUT2D eigenvalue weighted by atomic mass is 10.0. The molecule has 3 rings (SSSR count). The number of aliphatic carboxylic acids is 1. The first kappa shape index (κ1) is 18.9. The number of nitrogens with zero attached hydrogens (tertiary/aromatic N) is 4. The fourth-order valence-electron chi connectivity index (χ4n) is 2.99. The van der Waals surface area contributed by atoms with Gasteiger partial charge in [0.15, 0.2) is 17.7 Å². The molecule has 0 aromatic carbocycles. The molecule has 2 aromatic heterocycles. The van der Waals surface area contributed by atoms with Crippen molar-refractivity contribution in [3.05, 3.63) is 6.33 Å². The van der Waals surface area contributed by atoms with Gasteiger partial charge in [-0.2, -0.15) is 9.97 Å². The number of aliphatic hydroxyl groups is 2. The molecule has 1 saturated heterocycles. The molecule has 12 nitrogen and oxygen atoms in total. The number of nitrogens with one attached hydrogen (secondary N) is 1. The van der Waals surface area contributed by atoms with Gasteiger partial charge in [-0.25, -0.2) is 4.98 Å². The molecule has 0 radical (unpaired) electrons. The van der Waals surface area contributed by atoms with Crippen molar-refractivity contribution in [2.75, 3.05) is 11.1 Å². The zero-order valence-electron chi connectivity index (χ0n) is 14.4. The van der Waals surface area contributed by atoms with E-state index in [1.54, 1.807) is 0 Å². The zero-order valence-corrected chi connectivity index (χ0v) is 14.4. The number of carboxylic acids is 1. The average Bonchev–Trinajstić information content (AvgIpc) is 3.10. The normalized spacial score (nSPS) is 25.0. The molecule has 6 N–H and O–H groups in total. The third-order valence-electron chi connectivity index (χ3n) is 4.23. The Balaban J connectivity index is 1.87. The number of aromatic nitrogens is 4. The van der Waals surface area contributed by atoms with Crippen LogP contribution in [0.4, 0.5) is 11.8 Å². The van der Waals surface area contributed by atoms with Crippen LogP contribution in [0.15, 0.2) is 6.33 Å². The second-order valence-corrected chi connectivity index (χ2v) is 6.27. The summed E-state index contributed by atoms with van der Waals surface area (Å²) >= 11 is 0. The van der Waals surface area contributed by atoms with Gasteiger partial charge in [-0.05, 0) is 12.8 Å². The number of carbonyl (C=O) groups is 2. The lowest BCUT2D eigenvalue weighted by Gasteiger charge is -2.16. The van der Waals surface area contributed by atoms with Crippen molar-refractivity contribution in [2.24, 2.45) is 0 Å². The van der Waals surface area contributed by atoms with Gasteiger partial charge >= 0.3 is 5.97 Å². The molecule has 0 aliphatic carbocycles. The number of nitrogens with two attached hydrogens (primary N) is 1. The lowest BCUT2D eigenvalue weighted by Crippen LogP contribution is -2.31. The molecule has 27 heavy (non-hydrogen) atoms. The van der Waals surface area contributed by atoms with Crippen molar-refractivity contribution in [3.63, 3.8) is 0 Å². The van der Waals surface area contributed by atoms with Crippen LogP contribution in [0.25, 0.3) is 11.2 Å². The van der Waals surface area contributed by atoms with Crippen molar-refractivity contribution < 1.29 is 29.6 Å². The van der Waals surface area contributed by atoms with E-state index >= 15 is 0 Å². The molecular formula is C15H20N6O6. The fraction of sp³-hybridized carbons (Fsp3) is 0.533. The standard InChI is InChI=1S/C15H20N6O6/c1-6(22)18-15-19-12(16)9-13(20-15)21(5-17-9)14-11(26)10(25)7(27-14)3-2-4-8(23)24/h5,7,10-11,14,25-26H,2-4H2,1H3,(H,23,24)(H3,16,18,19,20,22)/t7-,10?,11?,14-/m1/s1. The lowest BCUT2D eigenvalue weighted by molar-refractivity contribution is -0.137. The maximum atomic E-state index is 11.2. The van der Waals surface area contributed by atoms with Crippen molar-refractivity contribution in [1.29, 1.82) is 0 Å². The summed E-state index contributed by atoms with van der Waals surface area (Å²) in [5, 5.41) is 31.7. The van der Waals surface area contributed by atoms with Crippen LogP contribution in [0.1, 0.15) is 32.4 Å². The van der Waals surface area contributed by atoms with E-state index in [2.05, 4.69) is 20.3 Å². The van der Waals surface area contributed by atoms with Crippen LogP contribution < -0.4 is 11.1 Å². The predicted molar refractivity (Wildman–Crippen MR) is 91.4 cm³/mol. The molecule has 12 heteroatoms. The third-order valence-corrected chi connectivity index (χ3v) is 4.23. The van der Waals surface area contributed by atoms with E-state index in [-0.39, 0.29) is 41.7 Å². The minimum atomic E-state index is -1.28. The summed E-state index contributed by atoms with van der Waals surface area (Å²) in [7, 11) is 0. The number of ether oxygens (including phenoxy) is 1. The first-order valence-corrected chi connectivity index (χ1v) is 8.29. The first-order valence-electron chi connectivity index (χ1n) is 8.29. The van der Waals surface area contributed by atoms with Crippen LogP contribution in [-0.4, -0.2) is 65.0 Å². The Kier molecular flexibility index (Phi) is 5.21. The summed E-state index contributed by atoms with van der Waals surface area (Å²) in [6, 6.07) is 0. The summed E-state index contributed by atoms with van der Waals surface area (Å²) in [6.45, 7) is 1.29. The second kappa shape index (κ2) is 7.42. The predicted octanol–water partition coefficient (Wildman–Crippen LogP) is -0.759. The number of carbonyl (C=O) groups excluding carboxylic acids is 1. The molecule has 0 spiro atoms. The Morgan fingerprint density at radius 1 is 1.33 bits per heavy atom. The number of fused-ring (bicyclic) bond motifs is 1. The number of aliphatic hydroxyl groups excluding tert-OH is 2. The number of nitrogen functional groups attached to an aromatic ring is 1. The fourth-order valence-corrected chi connectivity index (χ4v) is 2.99. The molecule has 1 aliphatic rings. The van der Waals surface area contributed by atoms with E-state index in [0.717, 1.165) is 0 Å². The highest BCUT2D eigenvalue weighted by Crippen LogP contribution is 2.34. The molecule has 1 fully saturated rings. The van der Waals surface area contributed by atoms with Crippen LogP contribution in [0.3, 0.4) is 0 Å². The van der Waals surface area contributed by atoms with E-state index in [4.69, 9.17) is 15.6 Å². The van der Waals surface area contributed by atoms with Gasteiger partial charge in [0.25, 0.3) is 0 Å². The van der Waals surface area contributed by atoms with Crippen molar-refractivity contribution in [2.45, 2.75) is 50.7 Å². The molecule has 4 atom stereocenters. The Morgan fingerprint density at radius 3 is 2.74 bits per heavy atom. The van der Waals surface area contributed by atoms with Crippen LogP contribution in [-0.2, 0) is 14.3 Å². The number of hydrogen-bond donors (Lipinski definition) is 5. The van der Waals surface area contributed by atoms with Gasteiger partial charge in [-0.1, -0.05) is 0 Å². The van der Waals surface area contributed by atoms with Gasteiger partial charge in [0.2, 0.25) is 11.9 Å². The molecule has 1 amide bonds. The number of hydrogen-bond acceptors (Lipinski definition) is 9. The van der Waals surface area contributed by atoms with E-state index in [9.17, 15) is 19.8 Å². The monoisotopic (exact) mass is 380 g/mol. The van der Waals surface area contributed by atoms with Crippen molar-refractivity contribution in [3.8, 4) is 0 Å². The minimum absolute atomic E-state index is 0.0275. The number of amides is 1. The first-order chi connectivity index (χ1) is 12.8. The van der Waals surface area contributed by atoms with Gasteiger partial charge in [0.1, 0.15) is 17.7 Å². The Bertz CT molecular complexity index is 870. The molecule has 1 aliphatic heterocycles. The summed E-state index contributed by atoms with van der Waals surface area (Å²) in [5.74, 6) is -1.32. The summed E-state index contributed by atoms with van der Waals surface area (Å²) < 4.78 is 7.12. The topological polar surface area (TPSA) is 186 Å². The number of carboxylic acid groups (broad SMARTS) is 1. The summed E-state index contributed by atoms with van der Waals surface area (Å²) in [6.07, 6.45) is -2.38. The van der Waals surface area contributed by atoms with Gasteiger partial charge in [-0.3, -0.25) is 19.5 Å². The van der Waals surface area contributed by atoms with Crippen LogP contribution in [0.2, 0.25) is 0 Å². The molecular weight excluding hydrogens is 360 g/mol. The number of imidazole rings is 1. The van der Waals surface area contributed by atoms with E-state index in [1.807, 2.05) is 0 Å². The molecule has 0 bridgehead atoms. The second-order valence-electron chi connectivity index (χ2n) is 6.27. The van der Waals surface area contributed by atoms with Gasteiger partial charge in [0.05, 0.1) is 12.4 Å². The third kappa shape index (κ3) is 3.82. The highest BCUT2D eigenvalue weighted by atomic mass is 16.6. The molecule has 2 unspecified atom stereocenters. The van der Waals surface area contributed by atoms with E-state index < -0.39 is 30.5 Å². The Hall–Kier alpha value is -2.83. The molecule has 2 aromatic rings. The SMILES string of the molecule is CC(=O)Nc1nc(N)c2ncn([C@@H]3O[C@H](CCCC(=O)O)C(O)C3O)c2n1. The minimum Gasteiger partial charge on any atom is -0.481 e. The number of rotatable bonds is 6. The quantitative estimate of drug-likeness (QED) is 0.426. The molecule has 0 saturated carbocycles. The van der Waals surface area contributed by atoms with Gasteiger partial charge < -0.3 is 25.8 Å². The van der Waals surface area contributed by atoms with Gasteiger partial charge in [-0.15, -0.1) is 0 Å². The molecule has 146 valence electrons. The van der Waals surface area contributed by atoms with Crippen LogP contribution in [0.5, 0.6) is 0 Å². The maximum absolute atomic E-state index is 11.2. The summed E-state index contributed by atoms with van der Waals surface area (Å²) in [5.41, 5.74) is 6.31. The summed E-state index contributed by atoms with van der Waals surface area (Å²) in [4.78, 5) is 34.1. The largest absolute Gasteiger partial charge is 0.481 e. The van der Waals surface area contributed by atoms with Crippen LogP contribution in [0, 0.1) is 0 Å². The molecule has 3 heterocycles. The van der Waals surface area contributed by atoms with E-state index in [0.29, 0.717) is 6.42 Å². The average molecular weight is 380 g/mol. The Morgan fingerprint density at radius 2 is 2.07 bits per heavy atom. The van der Waals surface area contributed by atoms with Gasteiger partial charge in [0, 0.05) is 13.3 Å². The number of anilines is 2. The maximum Gasteiger partial charge on any atom is 0.303 e. The smallest absolute Gasteiger partial charge is 0.303 e. The highest BCUT2D eigenvalue weighted by Gasteiger charge is 2.44.